The summed E-state index contributed by atoms with van der Waals surface area (Å²) >= 11 is 11.8. The summed E-state index contributed by atoms with van der Waals surface area (Å²) in [4.78, 5) is 4.15. The number of hydrogen-bond donors (Lipinski definition) is 1. The molecule has 1 heterocycles. The molecule has 0 spiro atoms. The van der Waals surface area contributed by atoms with Crippen molar-refractivity contribution in [2.45, 2.75) is 19.4 Å². The van der Waals surface area contributed by atoms with Gasteiger partial charge in [-0.15, -0.1) is 0 Å². The molecule has 2 aromatic rings. The van der Waals surface area contributed by atoms with E-state index in [0.29, 0.717) is 33.7 Å². The van der Waals surface area contributed by atoms with E-state index in [1.165, 1.54) is 0 Å². The first kappa shape index (κ1) is 14.1. The molecule has 0 aliphatic rings. The van der Waals surface area contributed by atoms with E-state index in [9.17, 15) is 5.11 Å². The number of pyridine rings is 1. The highest BCUT2D eigenvalue weighted by atomic mass is 35.5. The summed E-state index contributed by atoms with van der Waals surface area (Å²) < 4.78 is 5.60. The summed E-state index contributed by atoms with van der Waals surface area (Å²) in [6.07, 6.45) is 1.63. The fraction of sp³-hybridized carbons (Fsp3) is 0.214. The zero-order chi connectivity index (χ0) is 13.8. The third-order valence-electron chi connectivity index (χ3n) is 2.61. The molecule has 1 aromatic carbocycles. The van der Waals surface area contributed by atoms with Crippen molar-refractivity contribution in [3.63, 3.8) is 0 Å². The third-order valence-corrected chi connectivity index (χ3v) is 3.14. The quantitative estimate of drug-likeness (QED) is 0.895. The average Bonchev–Trinajstić information content (AvgIpc) is 2.42. The number of hydrogen-bond acceptors (Lipinski definition) is 3. The molecule has 0 radical (unpaired) electrons. The first-order chi connectivity index (χ1) is 9.10. The average molecular weight is 298 g/mol. The lowest BCUT2D eigenvalue weighted by Crippen LogP contribution is -1.98. The van der Waals surface area contributed by atoms with Crippen molar-refractivity contribution in [3.8, 4) is 11.5 Å². The van der Waals surface area contributed by atoms with E-state index in [-0.39, 0.29) is 0 Å². The van der Waals surface area contributed by atoms with E-state index in [4.69, 9.17) is 27.9 Å². The van der Waals surface area contributed by atoms with Crippen LogP contribution in [0.5, 0.6) is 11.5 Å². The number of ether oxygens (including phenoxy) is 1. The number of rotatable bonds is 4. The minimum Gasteiger partial charge on any atom is -0.454 e. The Hall–Kier alpha value is -1.29. The van der Waals surface area contributed by atoms with Crippen LogP contribution >= 0.6 is 23.2 Å². The Kier molecular flexibility index (Phi) is 4.64. The van der Waals surface area contributed by atoms with Crippen molar-refractivity contribution in [3.05, 3.63) is 52.3 Å². The van der Waals surface area contributed by atoms with Gasteiger partial charge in [-0.25, -0.2) is 0 Å². The summed E-state index contributed by atoms with van der Waals surface area (Å²) in [5.41, 5.74) is 0.622. The van der Waals surface area contributed by atoms with E-state index < -0.39 is 6.10 Å². The van der Waals surface area contributed by atoms with Gasteiger partial charge in [0.05, 0.1) is 23.0 Å². The van der Waals surface area contributed by atoms with E-state index in [1.54, 1.807) is 36.5 Å². The van der Waals surface area contributed by atoms with Crippen LogP contribution in [-0.2, 0) is 0 Å². The Morgan fingerprint density at radius 2 is 2.05 bits per heavy atom. The van der Waals surface area contributed by atoms with Crippen molar-refractivity contribution >= 4 is 23.2 Å². The van der Waals surface area contributed by atoms with Gasteiger partial charge >= 0.3 is 0 Å². The first-order valence-electron chi connectivity index (χ1n) is 5.87. The molecule has 0 saturated heterocycles. The SMILES string of the molecule is CC[C@H](O)c1ccc(Oc2ccc(Cl)cc2Cl)cn1. The second-order valence-electron chi connectivity index (χ2n) is 4.02. The summed E-state index contributed by atoms with van der Waals surface area (Å²) in [6.45, 7) is 1.89. The van der Waals surface area contributed by atoms with Crippen LogP contribution in [0.2, 0.25) is 10.0 Å². The highest BCUT2D eigenvalue weighted by molar-refractivity contribution is 6.35. The second kappa shape index (κ2) is 6.24. The van der Waals surface area contributed by atoms with Crippen LogP contribution in [-0.4, -0.2) is 10.1 Å². The van der Waals surface area contributed by atoms with Gasteiger partial charge in [-0.1, -0.05) is 30.1 Å². The van der Waals surface area contributed by atoms with Gasteiger partial charge in [0, 0.05) is 5.02 Å². The lowest BCUT2D eigenvalue weighted by molar-refractivity contribution is 0.169. The van der Waals surface area contributed by atoms with Gasteiger partial charge in [0.2, 0.25) is 0 Å². The third kappa shape index (κ3) is 3.60. The maximum atomic E-state index is 9.65. The van der Waals surface area contributed by atoms with Gasteiger partial charge < -0.3 is 9.84 Å². The Labute approximate surface area is 121 Å². The van der Waals surface area contributed by atoms with Crippen LogP contribution in [0.15, 0.2) is 36.5 Å². The molecule has 0 bridgehead atoms. The standard InChI is InChI=1S/C14H13Cl2NO2/c1-2-13(18)12-5-4-10(8-17-12)19-14-6-3-9(15)7-11(14)16/h3-8,13,18H,2H2,1H3/t13-/m0/s1. The molecule has 2 rings (SSSR count). The molecule has 19 heavy (non-hydrogen) atoms. The normalized spacial score (nSPS) is 12.2. The fourth-order valence-corrected chi connectivity index (χ4v) is 1.99. The highest BCUT2D eigenvalue weighted by Gasteiger charge is 2.08. The first-order valence-corrected chi connectivity index (χ1v) is 6.62. The van der Waals surface area contributed by atoms with Gasteiger partial charge in [0.25, 0.3) is 0 Å². The molecule has 5 heteroatoms. The van der Waals surface area contributed by atoms with Crippen LogP contribution < -0.4 is 4.74 Å². The number of nitrogens with zero attached hydrogens (tertiary/aromatic N) is 1. The van der Waals surface area contributed by atoms with E-state index in [2.05, 4.69) is 4.98 Å². The predicted octanol–water partition coefficient (Wildman–Crippen LogP) is 4.62. The maximum absolute atomic E-state index is 9.65. The molecule has 1 aromatic heterocycles. The van der Waals surface area contributed by atoms with Gasteiger partial charge in [0.15, 0.2) is 0 Å². The molecule has 3 nitrogen and oxygen atoms in total. The number of aromatic nitrogens is 1. The van der Waals surface area contributed by atoms with Gasteiger partial charge in [-0.05, 0) is 36.8 Å². The zero-order valence-electron chi connectivity index (χ0n) is 10.3. The van der Waals surface area contributed by atoms with Crippen LogP contribution in [0.1, 0.15) is 25.1 Å². The van der Waals surface area contributed by atoms with Crippen LogP contribution in [0, 0.1) is 0 Å². The Morgan fingerprint density at radius 1 is 1.26 bits per heavy atom. The number of aliphatic hydroxyl groups excluding tert-OH is 1. The maximum Gasteiger partial charge on any atom is 0.146 e. The van der Waals surface area contributed by atoms with E-state index in [0.717, 1.165) is 0 Å². The minimum atomic E-state index is -0.548. The molecule has 0 unspecified atom stereocenters. The van der Waals surface area contributed by atoms with Crippen molar-refractivity contribution in [2.24, 2.45) is 0 Å². The zero-order valence-corrected chi connectivity index (χ0v) is 11.8. The Balaban J connectivity index is 2.15. The summed E-state index contributed by atoms with van der Waals surface area (Å²) in [5.74, 6) is 1.06. The number of halogens is 2. The molecule has 1 N–H and O–H groups in total. The van der Waals surface area contributed by atoms with Crippen LogP contribution in [0.4, 0.5) is 0 Å². The predicted molar refractivity (Wildman–Crippen MR) is 76.0 cm³/mol. The molecule has 100 valence electrons. The number of benzene rings is 1. The molecular formula is C14H13Cl2NO2. The van der Waals surface area contributed by atoms with Crippen molar-refractivity contribution in [1.82, 2.24) is 4.98 Å². The lowest BCUT2D eigenvalue weighted by atomic mass is 10.2. The molecule has 0 aliphatic carbocycles. The van der Waals surface area contributed by atoms with Gasteiger partial charge in [-0.3, -0.25) is 4.98 Å². The van der Waals surface area contributed by atoms with Gasteiger partial charge in [0.1, 0.15) is 11.5 Å². The molecule has 0 saturated carbocycles. The van der Waals surface area contributed by atoms with E-state index >= 15 is 0 Å². The van der Waals surface area contributed by atoms with Crippen LogP contribution in [0.3, 0.4) is 0 Å². The van der Waals surface area contributed by atoms with Crippen molar-refractivity contribution in [1.29, 1.82) is 0 Å². The second-order valence-corrected chi connectivity index (χ2v) is 4.86. The fourth-order valence-electron chi connectivity index (χ4n) is 1.54. The highest BCUT2D eigenvalue weighted by Crippen LogP contribution is 2.31. The molecule has 0 aliphatic heterocycles. The minimum absolute atomic E-state index is 0.435. The monoisotopic (exact) mass is 297 g/mol. The van der Waals surface area contributed by atoms with Crippen molar-refractivity contribution in [2.75, 3.05) is 0 Å². The van der Waals surface area contributed by atoms with E-state index in [1.807, 2.05) is 6.92 Å². The molecule has 0 fully saturated rings. The molecule has 0 amide bonds. The largest absolute Gasteiger partial charge is 0.454 e. The summed E-state index contributed by atoms with van der Waals surface area (Å²) in [5, 5.41) is 10.6. The van der Waals surface area contributed by atoms with Crippen LogP contribution in [0.25, 0.3) is 0 Å². The lowest BCUT2D eigenvalue weighted by Gasteiger charge is -2.10. The summed E-state index contributed by atoms with van der Waals surface area (Å²) in [7, 11) is 0. The Bertz CT molecular complexity index is 558. The molecular weight excluding hydrogens is 285 g/mol. The van der Waals surface area contributed by atoms with Crippen molar-refractivity contribution < 1.29 is 9.84 Å². The topological polar surface area (TPSA) is 42.4 Å². The smallest absolute Gasteiger partial charge is 0.146 e. The number of aliphatic hydroxyl groups is 1. The van der Waals surface area contributed by atoms with Gasteiger partial charge in [-0.2, -0.15) is 0 Å². The Morgan fingerprint density at radius 3 is 2.63 bits per heavy atom. The summed E-state index contributed by atoms with van der Waals surface area (Å²) in [6, 6.07) is 8.48. The molecule has 1 atom stereocenters.